The van der Waals surface area contributed by atoms with Gasteiger partial charge in [0.25, 0.3) is 5.91 Å². The number of ether oxygens (including phenoxy) is 1. The molecule has 28 heavy (non-hydrogen) atoms. The van der Waals surface area contributed by atoms with Crippen LogP contribution in [0.5, 0.6) is 0 Å². The van der Waals surface area contributed by atoms with Crippen LogP contribution in [-0.4, -0.2) is 56.1 Å². The Bertz CT molecular complexity index is 750. The van der Waals surface area contributed by atoms with Crippen LogP contribution in [0.15, 0.2) is 39.4 Å². The third-order valence-corrected chi connectivity index (χ3v) is 4.68. The van der Waals surface area contributed by atoms with Gasteiger partial charge in [-0.25, -0.2) is 0 Å². The Morgan fingerprint density at radius 2 is 2.00 bits per heavy atom. The third-order valence-electron chi connectivity index (χ3n) is 4.68. The minimum absolute atomic E-state index is 0.0137. The number of furan rings is 2. The molecule has 152 valence electrons. The molecule has 1 fully saturated rings. The smallest absolute Gasteiger partial charge is 0.286 e. The van der Waals surface area contributed by atoms with E-state index in [0.717, 1.165) is 24.6 Å². The maximum atomic E-state index is 12.2. The summed E-state index contributed by atoms with van der Waals surface area (Å²) in [7, 11) is 0. The van der Waals surface area contributed by atoms with Crippen molar-refractivity contribution in [2.24, 2.45) is 0 Å². The first-order valence-electron chi connectivity index (χ1n) is 9.60. The molecule has 2 N–H and O–H groups in total. The van der Waals surface area contributed by atoms with E-state index in [1.165, 1.54) is 6.26 Å². The van der Waals surface area contributed by atoms with Gasteiger partial charge in [-0.2, -0.15) is 0 Å². The van der Waals surface area contributed by atoms with E-state index in [4.69, 9.17) is 13.6 Å². The van der Waals surface area contributed by atoms with Crippen molar-refractivity contribution in [3.05, 3.63) is 47.8 Å². The fourth-order valence-corrected chi connectivity index (χ4v) is 3.18. The summed E-state index contributed by atoms with van der Waals surface area (Å²) in [6.07, 6.45) is 2.35. The number of amides is 2. The normalized spacial score (nSPS) is 15.9. The van der Waals surface area contributed by atoms with Crippen molar-refractivity contribution in [3.63, 3.8) is 0 Å². The highest BCUT2D eigenvalue weighted by molar-refractivity contribution is 5.91. The van der Waals surface area contributed by atoms with Gasteiger partial charge in [-0.1, -0.05) is 0 Å². The Morgan fingerprint density at radius 1 is 1.18 bits per heavy atom. The largest absolute Gasteiger partial charge is 0.465 e. The Morgan fingerprint density at radius 3 is 2.68 bits per heavy atom. The minimum atomic E-state index is -0.272. The molecule has 8 nitrogen and oxygen atoms in total. The van der Waals surface area contributed by atoms with Crippen molar-refractivity contribution < 1.29 is 23.2 Å². The van der Waals surface area contributed by atoms with Crippen LogP contribution in [0.3, 0.4) is 0 Å². The number of hydrogen-bond donors (Lipinski definition) is 2. The molecule has 2 aromatic heterocycles. The first-order chi connectivity index (χ1) is 13.6. The lowest BCUT2D eigenvalue weighted by atomic mass is 10.1. The van der Waals surface area contributed by atoms with Gasteiger partial charge in [0.1, 0.15) is 11.5 Å². The van der Waals surface area contributed by atoms with E-state index in [9.17, 15) is 9.59 Å². The number of carbonyl (C=O) groups excluding carboxylic acids is 2. The van der Waals surface area contributed by atoms with Crippen LogP contribution in [0.1, 0.15) is 41.0 Å². The van der Waals surface area contributed by atoms with Crippen molar-refractivity contribution in [1.29, 1.82) is 0 Å². The molecule has 1 aliphatic heterocycles. The van der Waals surface area contributed by atoms with Gasteiger partial charge in [-0.15, -0.1) is 0 Å². The summed E-state index contributed by atoms with van der Waals surface area (Å²) in [5.41, 5.74) is 0. The first kappa shape index (κ1) is 20.2. The minimum Gasteiger partial charge on any atom is -0.465 e. The second-order valence-electron chi connectivity index (χ2n) is 6.75. The Labute approximate surface area is 164 Å². The van der Waals surface area contributed by atoms with Crippen LogP contribution in [0.4, 0.5) is 0 Å². The molecule has 0 saturated carbocycles. The maximum Gasteiger partial charge on any atom is 0.286 e. The molecule has 1 aliphatic rings. The summed E-state index contributed by atoms with van der Waals surface area (Å²) >= 11 is 0. The molecule has 2 aromatic rings. The number of rotatable bonds is 9. The Balaban J connectivity index is 1.42. The summed E-state index contributed by atoms with van der Waals surface area (Å²) in [5, 5.41) is 5.73. The molecule has 0 spiro atoms. The molecule has 0 aromatic carbocycles. The molecule has 1 atom stereocenters. The molecule has 8 heteroatoms. The average Bonchev–Trinajstić information content (AvgIpc) is 3.38. The number of nitrogens with zero attached hydrogens (tertiary/aromatic N) is 1. The van der Waals surface area contributed by atoms with E-state index in [1.54, 1.807) is 12.1 Å². The van der Waals surface area contributed by atoms with Crippen molar-refractivity contribution in [2.75, 3.05) is 39.4 Å². The fraction of sp³-hybridized carbons (Fsp3) is 0.500. The zero-order chi connectivity index (χ0) is 19.8. The van der Waals surface area contributed by atoms with Crippen LogP contribution in [-0.2, 0) is 9.53 Å². The molecular formula is C20H27N3O5. The van der Waals surface area contributed by atoms with Crippen LogP contribution in [0.2, 0.25) is 0 Å². The van der Waals surface area contributed by atoms with Gasteiger partial charge in [-0.3, -0.25) is 14.5 Å². The van der Waals surface area contributed by atoms with Gasteiger partial charge in [0.2, 0.25) is 5.91 Å². The van der Waals surface area contributed by atoms with E-state index in [2.05, 4.69) is 15.5 Å². The molecule has 3 rings (SSSR count). The highest BCUT2D eigenvalue weighted by Crippen LogP contribution is 2.23. The lowest BCUT2D eigenvalue weighted by molar-refractivity contribution is -0.121. The number of carbonyl (C=O) groups is 2. The molecule has 0 radical (unpaired) electrons. The zero-order valence-corrected chi connectivity index (χ0v) is 16.1. The molecule has 0 aliphatic carbocycles. The number of nitrogens with one attached hydrogen (secondary N) is 2. The lowest BCUT2D eigenvalue weighted by Gasteiger charge is -2.33. The van der Waals surface area contributed by atoms with E-state index in [1.807, 2.05) is 19.1 Å². The first-order valence-corrected chi connectivity index (χ1v) is 9.60. The molecule has 3 heterocycles. The van der Waals surface area contributed by atoms with Crippen LogP contribution in [0, 0.1) is 6.92 Å². The molecular weight excluding hydrogens is 362 g/mol. The van der Waals surface area contributed by atoms with Crippen LogP contribution >= 0.6 is 0 Å². The highest BCUT2D eigenvalue weighted by atomic mass is 16.5. The second-order valence-corrected chi connectivity index (χ2v) is 6.75. The average molecular weight is 389 g/mol. The van der Waals surface area contributed by atoms with E-state index < -0.39 is 0 Å². The second kappa shape index (κ2) is 10.1. The standard InChI is InChI=1S/C20H27N3O5/c1-15-6-7-17(28-15)16(23-9-12-26-13-10-23)14-22-19(24)5-2-8-21-20(25)18-4-3-11-27-18/h3-4,6-7,11,16H,2,5,8-10,12-14H2,1H3,(H,21,25)(H,22,24). The molecule has 1 saturated heterocycles. The van der Waals surface area contributed by atoms with Crippen molar-refractivity contribution in [3.8, 4) is 0 Å². The predicted octanol–water partition coefficient (Wildman–Crippen LogP) is 1.88. The van der Waals surface area contributed by atoms with E-state index in [0.29, 0.717) is 39.1 Å². The molecule has 2 amide bonds. The summed E-state index contributed by atoms with van der Waals surface area (Å²) in [5.74, 6) is 1.66. The number of aryl methyl sites for hydroxylation is 1. The lowest BCUT2D eigenvalue weighted by Crippen LogP contribution is -2.43. The molecule has 0 bridgehead atoms. The van der Waals surface area contributed by atoms with Crippen molar-refractivity contribution in [2.45, 2.75) is 25.8 Å². The zero-order valence-electron chi connectivity index (χ0n) is 16.1. The van der Waals surface area contributed by atoms with E-state index in [-0.39, 0.29) is 23.6 Å². The van der Waals surface area contributed by atoms with Crippen molar-refractivity contribution in [1.82, 2.24) is 15.5 Å². The van der Waals surface area contributed by atoms with Gasteiger partial charge in [-0.05, 0) is 37.6 Å². The topological polar surface area (TPSA) is 97.0 Å². The highest BCUT2D eigenvalue weighted by Gasteiger charge is 2.25. The molecule has 1 unspecified atom stereocenters. The van der Waals surface area contributed by atoms with Gasteiger partial charge in [0, 0.05) is 32.6 Å². The number of morpholine rings is 1. The van der Waals surface area contributed by atoms with Gasteiger partial charge in [0.15, 0.2) is 5.76 Å². The fourth-order valence-electron chi connectivity index (χ4n) is 3.18. The van der Waals surface area contributed by atoms with E-state index >= 15 is 0 Å². The maximum absolute atomic E-state index is 12.2. The quantitative estimate of drug-likeness (QED) is 0.636. The van der Waals surface area contributed by atoms with Gasteiger partial charge in [0.05, 0.1) is 25.5 Å². The summed E-state index contributed by atoms with van der Waals surface area (Å²) < 4.78 is 16.3. The Hall–Kier alpha value is -2.58. The summed E-state index contributed by atoms with van der Waals surface area (Å²) in [4.78, 5) is 26.3. The predicted molar refractivity (Wildman–Crippen MR) is 102 cm³/mol. The summed E-state index contributed by atoms with van der Waals surface area (Å²) in [6, 6.07) is 7.15. The van der Waals surface area contributed by atoms with Crippen LogP contribution < -0.4 is 10.6 Å². The van der Waals surface area contributed by atoms with Crippen molar-refractivity contribution >= 4 is 11.8 Å². The number of hydrogen-bond acceptors (Lipinski definition) is 6. The third kappa shape index (κ3) is 5.71. The Kier molecular flexibility index (Phi) is 7.27. The summed E-state index contributed by atoms with van der Waals surface area (Å²) in [6.45, 7) is 5.77. The SMILES string of the molecule is Cc1ccc(C(CNC(=O)CCCNC(=O)c2ccco2)N2CCOCC2)o1. The van der Waals surface area contributed by atoms with Gasteiger partial charge < -0.3 is 24.2 Å². The van der Waals surface area contributed by atoms with Gasteiger partial charge >= 0.3 is 0 Å². The van der Waals surface area contributed by atoms with Crippen LogP contribution in [0.25, 0.3) is 0 Å². The monoisotopic (exact) mass is 389 g/mol.